The molecule has 0 unspecified atom stereocenters. The first-order valence-electron chi connectivity index (χ1n) is 12.1. The molecule has 0 saturated carbocycles. The minimum atomic E-state index is -0.995. The van der Waals surface area contributed by atoms with E-state index >= 15 is 0 Å². The molecule has 0 amide bonds. The molecule has 6 rings (SSSR count). The number of aromatic carboxylic acids is 1. The molecule has 9 nitrogen and oxygen atoms in total. The molecular formula is C29H22N5O4S2+. The Morgan fingerprint density at radius 2 is 1.52 bits per heavy atom. The molecule has 3 aromatic heterocycles. The van der Waals surface area contributed by atoms with Crippen molar-refractivity contribution in [3.8, 4) is 54.7 Å². The van der Waals surface area contributed by atoms with Crippen molar-refractivity contribution in [3.63, 3.8) is 0 Å². The number of methoxy groups -OCH3 is 2. The molecule has 3 aromatic carbocycles. The molecule has 0 fully saturated rings. The van der Waals surface area contributed by atoms with Crippen molar-refractivity contribution >= 4 is 28.6 Å². The minimum Gasteiger partial charge on any atom is -0.497 e. The normalized spacial score (nSPS) is 10.9. The molecular weight excluding hydrogens is 546 g/mol. The number of nitrogens with zero attached hydrogens (tertiary/aromatic N) is 5. The number of hydrogen-bond donors (Lipinski definition) is 1. The van der Waals surface area contributed by atoms with Gasteiger partial charge in [0.15, 0.2) is 5.69 Å². The number of thiazole rings is 1. The Bertz CT molecular complexity index is 1710. The van der Waals surface area contributed by atoms with Crippen LogP contribution in [0.15, 0.2) is 90.3 Å². The summed E-state index contributed by atoms with van der Waals surface area (Å²) >= 11 is 3.01. The van der Waals surface area contributed by atoms with E-state index in [9.17, 15) is 9.90 Å². The highest BCUT2D eigenvalue weighted by Crippen LogP contribution is 2.38. The molecule has 0 atom stereocenters. The van der Waals surface area contributed by atoms with Crippen LogP contribution in [0.5, 0.6) is 11.5 Å². The van der Waals surface area contributed by atoms with Crippen LogP contribution in [0.3, 0.4) is 0 Å². The van der Waals surface area contributed by atoms with Gasteiger partial charge in [0.2, 0.25) is 0 Å². The average molecular weight is 569 g/mol. The van der Waals surface area contributed by atoms with Crippen LogP contribution in [-0.4, -0.2) is 45.3 Å². The molecule has 198 valence electrons. The smallest absolute Gasteiger partial charge is 0.365 e. The van der Waals surface area contributed by atoms with Crippen LogP contribution in [0.4, 0.5) is 0 Å². The van der Waals surface area contributed by atoms with Gasteiger partial charge in [-0.25, -0.2) is 4.79 Å². The fourth-order valence-corrected chi connectivity index (χ4v) is 5.78. The van der Waals surface area contributed by atoms with E-state index in [4.69, 9.17) is 24.7 Å². The molecule has 0 aliphatic rings. The van der Waals surface area contributed by atoms with Crippen LogP contribution in [0.1, 0.15) is 10.4 Å². The van der Waals surface area contributed by atoms with E-state index in [0.717, 1.165) is 38.1 Å². The fourth-order valence-electron chi connectivity index (χ4n) is 4.09. The Balaban J connectivity index is 1.53. The minimum absolute atomic E-state index is 0.187. The van der Waals surface area contributed by atoms with Crippen LogP contribution in [0.2, 0.25) is 0 Å². The number of carboxylic acid groups (broad SMARTS) is 1. The topological polar surface area (TPSA) is 103 Å². The summed E-state index contributed by atoms with van der Waals surface area (Å²) in [4.78, 5) is 21.6. The second kappa shape index (κ2) is 10.7. The first-order chi connectivity index (χ1) is 19.5. The first-order valence-corrected chi connectivity index (χ1v) is 13.8. The molecule has 11 heteroatoms. The predicted octanol–water partition coefficient (Wildman–Crippen LogP) is 5.78. The molecule has 3 heterocycles. The zero-order valence-electron chi connectivity index (χ0n) is 21.4. The first kappa shape index (κ1) is 25.4. The van der Waals surface area contributed by atoms with Gasteiger partial charge in [-0.2, -0.15) is 0 Å². The highest BCUT2D eigenvalue weighted by atomic mass is 32.1. The third-order valence-corrected chi connectivity index (χ3v) is 8.08. The standard InChI is InChI=1S/C29H21N5O4S2/c1-37-22-13-7-18(8-14-22)25-26(19-9-15-23(38-2)16-10-19)40-29(30-25)34-32-27(24-4-3-17-39-24)31-33(34)21-11-5-20(6-12-21)28(35)36/h3-17H,1-2H3/p+1. The Hall–Kier alpha value is -4.87. The van der Waals surface area contributed by atoms with Crippen molar-refractivity contribution in [2.45, 2.75) is 0 Å². The molecule has 0 spiro atoms. The van der Waals surface area contributed by atoms with E-state index in [0.29, 0.717) is 16.6 Å². The average Bonchev–Trinajstić information content (AvgIpc) is 3.77. The largest absolute Gasteiger partial charge is 0.497 e. The van der Waals surface area contributed by atoms with E-state index in [-0.39, 0.29) is 5.56 Å². The zero-order chi connectivity index (χ0) is 27.6. The van der Waals surface area contributed by atoms with Crippen LogP contribution < -0.4 is 14.3 Å². The fraction of sp³-hybridized carbons (Fsp3) is 0.0690. The van der Waals surface area contributed by atoms with Crippen LogP contribution >= 0.6 is 22.7 Å². The van der Waals surface area contributed by atoms with E-state index in [1.165, 1.54) is 22.7 Å². The summed E-state index contributed by atoms with van der Waals surface area (Å²) in [6.45, 7) is 0. The highest BCUT2D eigenvalue weighted by molar-refractivity contribution is 7.17. The lowest BCUT2D eigenvalue weighted by Crippen LogP contribution is -2.43. The summed E-state index contributed by atoms with van der Waals surface area (Å²) in [5.41, 5.74) is 3.52. The third-order valence-electron chi connectivity index (χ3n) is 6.15. The number of rotatable bonds is 8. The number of carbonyl (C=O) groups is 1. The Kier molecular flexibility index (Phi) is 6.81. The SMILES string of the molecule is COc1ccc(-c2nc(-[n+]3nc(-c4cccs4)nn3-c3ccc(C(=O)O)cc3)sc2-c2ccc(OC)cc2)cc1. The lowest BCUT2D eigenvalue weighted by Gasteiger charge is -2.04. The summed E-state index contributed by atoms with van der Waals surface area (Å²) < 4.78 is 10.7. The molecule has 6 aromatic rings. The highest BCUT2D eigenvalue weighted by Gasteiger charge is 2.28. The number of carboxylic acids is 1. The van der Waals surface area contributed by atoms with Crippen molar-refractivity contribution in [3.05, 3.63) is 95.9 Å². The van der Waals surface area contributed by atoms with Crippen molar-refractivity contribution in [1.82, 2.24) is 20.0 Å². The van der Waals surface area contributed by atoms with Gasteiger partial charge < -0.3 is 14.6 Å². The molecule has 40 heavy (non-hydrogen) atoms. The van der Waals surface area contributed by atoms with Crippen LogP contribution in [-0.2, 0) is 0 Å². The summed E-state index contributed by atoms with van der Waals surface area (Å²) in [6.07, 6.45) is 0. The third kappa shape index (κ3) is 4.83. The van der Waals surface area contributed by atoms with Crippen molar-refractivity contribution in [2.24, 2.45) is 0 Å². The van der Waals surface area contributed by atoms with Gasteiger partial charge in [-0.05, 0) is 104 Å². The Morgan fingerprint density at radius 1 is 0.875 bits per heavy atom. The van der Waals surface area contributed by atoms with Gasteiger partial charge in [0.05, 0.1) is 29.5 Å². The van der Waals surface area contributed by atoms with E-state index < -0.39 is 5.97 Å². The van der Waals surface area contributed by atoms with Gasteiger partial charge in [-0.15, -0.1) is 11.3 Å². The summed E-state index contributed by atoms with van der Waals surface area (Å²) in [7, 11) is 3.27. The Morgan fingerprint density at radius 3 is 2.10 bits per heavy atom. The van der Waals surface area contributed by atoms with Crippen molar-refractivity contribution < 1.29 is 24.2 Å². The molecule has 0 saturated heterocycles. The van der Waals surface area contributed by atoms with Gasteiger partial charge in [0.25, 0.3) is 0 Å². The number of hydrogen-bond acceptors (Lipinski definition) is 8. The summed E-state index contributed by atoms with van der Waals surface area (Å²) in [5.74, 6) is 1.05. The van der Waals surface area contributed by atoms with Gasteiger partial charge in [-0.3, -0.25) is 0 Å². The number of tetrazole rings is 1. The maximum atomic E-state index is 11.4. The monoisotopic (exact) mass is 568 g/mol. The van der Waals surface area contributed by atoms with Gasteiger partial charge in [-0.1, -0.05) is 22.4 Å². The van der Waals surface area contributed by atoms with Gasteiger partial charge >= 0.3 is 16.9 Å². The van der Waals surface area contributed by atoms with Crippen LogP contribution in [0.25, 0.3) is 43.2 Å². The molecule has 0 radical (unpaired) electrons. The number of aromatic nitrogens is 5. The second-order valence-electron chi connectivity index (χ2n) is 8.56. The maximum Gasteiger partial charge on any atom is 0.365 e. The van der Waals surface area contributed by atoms with Crippen molar-refractivity contribution in [1.29, 1.82) is 0 Å². The lowest BCUT2D eigenvalue weighted by atomic mass is 10.1. The summed E-state index contributed by atoms with van der Waals surface area (Å²) in [5, 5.41) is 21.5. The molecule has 0 aliphatic heterocycles. The number of ether oxygens (including phenoxy) is 2. The second-order valence-corrected chi connectivity index (χ2v) is 10.5. The lowest BCUT2D eigenvalue weighted by molar-refractivity contribution is -0.734. The van der Waals surface area contributed by atoms with Crippen LogP contribution in [0, 0.1) is 0 Å². The molecule has 0 aliphatic carbocycles. The molecule has 0 bridgehead atoms. The molecule has 1 N–H and O–H groups in total. The van der Waals surface area contributed by atoms with Gasteiger partial charge in [0, 0.05) is 10.7 Å². The van der Waals surface area contributed by atoms with E-state index in [1.54, 1.807) is 48.1 Å². The van der Waals surface area contributed by atoms with E-state index in [2.05, 4.69) is 0 Å². The summed E-state index contributed by atoms with van der Waals surface area (Å²) in [6, 6.07) is 26.0. The quantitative estimate of drug-likeness (QED) is 0.232. The predicted molar refractivity (Wildman–Crippen MR) is 153 cm³/mol. The van der Waals surface area contributed by atoms with Crippen molar-refractivity contribution in [2.75, 3.05) is 14.2 Å². The van der Waals surface area contributed by atoms with E-state index in [1.807, 2.05) is 66.0 Å². The number of thiophene rings is 1. The zero-order valence-corrected chi connectivity index (χ0v) is 23.0. The Labute approximate surface area is 237 Å². The van der Waals surface area contributed by atoms with Gasteiger partial charge in [0.1, 0.15) is 17.2 Å². The number of benzene rings is 3. The maximum absolute atomic E-state index is 11.4.